The van der Waals surface area contributed by atoms with Crippen molar-refractivity contribution in [1.82, 2.24) is 0 Å². The molecule has 1 rings (SSSR count). The maximum absolute atomic E-state index is 5.75. The summed E-state index contributed by atoms with van der Waals surface area (Å²) in [5.74, 6) is 1.77. The van der Waals surface area contributed by atoms with Crippen molar-refractivity contribution >= 4 is 11.6 Å². The summed E-state index contributed by atoms with van der Waals surface area (Å²) in [6, 6.07) is 5.59. The molecule has 0 aliphatic carbocycles. The van der Waals surface area contributed by atoms with Crippen molar-refractivity contribution < 1.29 is 9.47 Å². The molecule has 1 aromatic carbocycles. The molecule has 3 N–H and O–H groups in total. The first-order valence-electron chi connectivity index (χ1n) is 5.38. The predicted octanol–water partition coefficient (Wildman–Crippen LogP) is 1.84. The number of benzene rings is 1. The predicted molar refractivity (Wildman–Crippen MR) is 69.9 cm³/mol. The number of nitrogens with zero attached hydrogens (tertiary/aromatic N) is 1. The number of guanidine groups is 1. The summed E-state index contributed by atoms with van der Waals surface area (Å²) in [6.07, 6.45) is 0. The molecular weight excluding hydrogens is 218 g/mol. The summed E-state index contributed by atoms with van der Waals surface area (Å²) in [5, 5.41) is 2.99. The molecule has 0 fully saturated rings. The van der Waals surface area contributed by atoms with E-state index >= 15 is 0 Å². The second-order valence-corrected chi connectivity index (χ2v) is 3.83. The van der Waals surface area contributed by atoms with E-state index in [-0.39, 0.29) is 6.04 Å². The lowest BCUT2D eigenvalue weighted by Gasteiger charge is -2.10. The lowest BCUT2D eigenvalue weighted by atomic mass is 10.3. The Morgan fingerprint density at radius 1 is 1.18 bits per heavy atom. The van der Waals surface area contributed by atoms with Gasteiger partial charge < -0.3 is 20.5 Å². The Labute approximate surface area is 102 Å². The topological polar surface area (TPSA) is 68.9 Å². The Kier molecular flexibility index (Phi) is 4.63. The molecule has 5 heteroatoms. The van der Waals surface area contributed by atoms with Crippen LogP contribution < -0.4 is 20.5 Å². The van der Waals surface area contributed by atoms with E-state index in [1.165, 1.54) is 0 Å². The van der Waals surface area contributed by atoms with Crippen LogP contribution in [0.25, 0.3) is 0 Å². The summed E-state index contributed by atoms with van der Waals surface area (Å²) >= 11 is 0. The average molecular weight is 237 g/mol. The lowest BCUT2D eigenvalue weighted by Crippen LogP contribution is -2.23. The van der Waals surface area contributed by atoms with Crippen LogP contribution in [0.4, 0.5) is 5.69 Å². The molecule has 5 nitrogen and oxygen atoms in total. The zero-order valence-corrected chi connectivity index (χ0v) is 10.7. The van der Waals surface area contributed by atoms with Crippen LogP contribution in [-0.4, -0.2) is 26.2 Å². The van der Waals surface area contributed by atoms with Crippen LogP contribution in [0.2, 0.25) is 0 Å². The van der Waals surface area contributed by atoms with Gasteiger partial charge in [0, 0.05) is 29.9 Å². The number of ether oxygens (including phenoxy) is 2. The van der Waals surface area contributed by atoms with Gasteiger partial charge in [0.1, 0.15) is 11.5 Å². The van der Waals surface area contributed by atoms with E-state index < -0.39 is 0 Å². The number of rotatable bonds is 4. The fourth-order valence-electron chi connectivity index (χ4n) is 1.34. The van der Waals surface area contributed by atoms with Gasteiger partial charge in [0.25, 0.3) is 0 Å². The molecule has 0 saturated heterocycles. The molecule has 1 aromatic rings. The summed E-state index contributed by atoms with van der Waals surface area (Å²) in [6.45, 7) is 3.92. The maximum Gasteiger partial charge on any atom is 0.193 e. The van der Waals surface area contributed by atoms with E-state index in [1.807, 2.05) is 26.0 Å². The molecule has 17 heavy (non-hydrogen) atoms. The molecule has 0 aliphatic heterocycles. The molecule has 94 valence electrons. The second-order valence-electron chi connectivity index (χ2n) is 3.83. The van der Waals surface area contributed by atoms with E-state index in [0.29, 0.717) is 17.5 Å². The minimum atomic E-state index is 0.148. The molecule has 0 aliphatic rings. The van der Waals surface area contributed by atoms with Gasteiger partial charge in [-0.25, -0.2) is 0 Å². The van der Waals surface area contributed by atoms with E-state index in [1.54, 1.807) is 20.3 Å². The maximum atomic E-state index is 5.75. The minimum absolute atomic E-state index is 0.148. The number of hydrogen-bond acceptors (Lipinski definition) is 3. The molecule has 0 aromatic heterocycles. The van der Waals surface area contributed by atoms with Gasteiger partial charge in [-0.05, 0) is 13.8 Å². The van der Waals surface area contributed by atoms with Crippen molar-refractivity contribution in [2.24, 2.45) is 10.7 Å². The van der Waals surface area contributed by atoms with Gasteiger partial charge in [-0.3, -0.25) is 4.99 Å². The van der Waals surface area contributed by atoms with Gasteiger partial charge in [-0.1, -0.05) is 0 Å². The minimum Gasteiger partial charge on any atom is -0.497 e. The zero-order valence-electron chi connectivity index (χ0n) is 10.7. The SMILES string of the molecule is COc1cc(NC(N)=NC(C)C)cc(OC)c1. The van der Waals surface area contributed by atoms with Crippen molar-refractivity contribution in [3.8, 4) is 11.5 Å². The van der Waals surface area contributed by atoms with Crippen LogP contribution in [0.5, 0.6) is 11.5 Å². The molecule has 0 atom stereocenters. The van der Waals surface area contributed by atoms with Crippen molar-refractivity contribution in [2.45, 2.75) is 19.9 Å². The lowest BCUT2D eigenvalue weighted by molar-refractivity contribution is 0.395. The van der Waals surface area contributed by atoms with E-state index in [0.717, 1.165) is 5.69 Å². The number of aliphatic imine (C=N–C) groups is 1. The monoisotopic (exact) mass is 237 g/mol. The van der Waals surface area contributed by atoms with Gasteiger partial charge in [0.15, 0.2) is 5.96 Å². The average Bonchev–Trinajstić information content (AvgIpc) is 2.27. The van der Waals surface area contributed by atoms with Crippen molar-refractivity contribution in [1.29, 1.82) is 0 Å². The van der Waals surface area contributed by atoms with Crippen LogP contribution in [0, 0.1) is 0 Å². The zero-order chi connectivity index (χ0) is 12.8. The van der Waals surface area contributed by atoms with E-state index in [9.17, 15) is 0 Å². The Morgan fingerprint density at radius 3 is 2.12 bits per heavy atom. The van der Waals surface area contributed by atoms with Gasteiger partial charge in [-0.2, -0.15) is 0 Å². The largest absolute Gasteiger partial charge is 0.497 e. The van der Waals surface area contributed by atoms with Crippen molar-refractivity contribution in [3.63, 3.8) is 0 Å². The highest BCUT2D eigenvalue weighted by atomic mass is 16.5. The van der Waals surface area contributed by atoms with Crippen LogP contribution in [0.1, 0.15) is 13.8 Å². The van der Waals surface area contributed by atoms with Crippen molar-refractivity contribution in [2.75, 3.05) is 19.5 Å². The van der Waals surface area contributed by atoms with Crippen molar-refractivity contribution in [3.05, 3.63) is 18.2 Å². The highest BCUT2D eigenvalue weighted by Gasteiger charge is 2.03. The fraction of sp³-hybridized carbons (Fsp3) is 0.417. The van der Waals surface area contributed by atoms with Gasteiger partial charge >= 0.3 is 0 Å². The number of anilines is 1. The Balaban J connectivity index is 2.90. The van der Waals surface area contributed by atoms with Crippen LogP contribution >= 0.6 is 0 Å². The first kappa shape index (κ1) is 13.2. The molecule has 0 radical (unpaired) electrons. The normalized spacial score (nSPS) is 11.5. The molecule has 0 bridgehead atoms. The summed E-state index contributed by atoms with van der Waals surface area (Å²) in [5.41, 5.74) is 6.53. The van der Waals surface area contributed by atoms with Gasteiger partial charge in [-0.15, -0.1) is 0 Å². The standard InChI is InChI=1S/C12H19N3O2/c1-8(2)14-12(13)15-9-5-10(16-3)7-11(6-9)17-4/h5-8H,1-4H3,(H3,13,14,15). The first-order valence-corrected chi connectivity index (χ1v) is 5.38. The third kappa shape index (κ3) is 4.22. The smallest absolute Gasteiger partial charge is 0.193 e. The second kappa shape index (κ2) is 5.98. The quantitative estimate of drug-likeness (QED) is 0.619. The van der Waals surface area contributed by atoms with E-state index in [4.69, 9.17) is 15.2 Å². The number of hydrogen-bond donors (Lipinski definition) is 2. The molecule has 0 unspecified atom stereocenters. The van der Waals surface area contributed by atoms with E-state index in [2.05, 4.69) is 10.3 Å². The number of nitrogens with two attached hydrogens (primary N) is 1. The third-order valence-corrected chi connectivity index (χ3v) is 2.02. The van der Waals surface area contributed by atoms with Crippen LogP contribution in [-0.2, 0) is 0 Å². The molecule has 0 saturated carbocycles. The molecular formula is C12H19N3O2. The summed E-state index contributed by atoms with van der Waals surface area (Å²) in [7, 11) is 3.20. The fourth-order valence-corrected chi connectivity index (χ4v) is 1.34. The summed E-state index contributed by atoms with van der Waals surface area (Å²) in [4.78, 5) is 4.19. The highest BCUT2D eigenvalue weighted by Crippen LogP contribution is 2.25. The molecule has 0 spiro atoms. The first-order chi connectivity index (χ1) is 8.05. The molecule has 0 heterocycles. The number of methoxy groups -OCH3 is 2. The Morgan fingerprint density at radius 2 is 1.71 bits per heavy atom. The van der Waals surface area contributed by atoms with Gasteiger partial charge in [0.05, 0.1) is 14.2 Å². The van der Waals surface area contributed by atoms with Gasteiger partial charge in [0.2, 0.25) is 0 Å². The third-order valence-electron chi connectivity index (χ3n) is 2.02. The number of nitrogens with one attached hydrogen (secondary N) is 1. The Hall–Kier alpha value is -1.91. The summed E-state index contributed by atoms with van der Waals surface area (Å²) < 4.78 is 10.3. The molecule has 0 amide bonds. The van der Waals surface area contributed by atoms with Crippen LogP contribution in [0.3, 0.4) is 0 Å². The highest BCUT2D eigenvalue weighted by molar-refractivity contribution is 5.92. The Bertz CT molecular complexity index is 380. The van der Waals surface area contributed by atoms with Crippen LogP contribution in [0.15, 0.2) is 23.2 Å².